The van der Waals surface area contributed by atoms with Crippen LogP contribution in [0.3, 0.4) is 0 Å². The first-order chi connectivity index (χ1) is 13.0. The van der Waals surface area contributed by atoms with Crippen molar-refractivity contribution in [1.29, 1.82) is 0 Å². The van der Waals surface area contributed by atoms with Gasteiger partial charge in [-0.2, -0.15) is 0 Å². The fourth-order valence-electron chi connectivity index (χ4n) is 3.10. The Kier molecular flexibility index (Phi) is 10.9. The third kappa shape index (κ3) is 8.56. The summed E-state index contributed by atoms with van der Waals surface area (Å²) in [4.78, 5) is 11.0. The van der Waals surface area contributed by atoms with Crippen LogP contribution in [0.4, 0.5) is 0 Å². The molecule has 0 aromatic heterocycles. The second-order valence-corrected chi connectivity index (χ2v) is 20.8. The highest BCUT2D eigenvalue weighted by Crippen LogP contribution is 2.31. The topological polar surface area (TPSA) is 90.9 Å². The number of ether oxygens (including phenoxy) is 1. The Balaban J connectivity index is 2.89. The van der Waals surface area contributed by atoms with Crippen LogP contribution in [-0.2, 0) is 39.3 Å². The third-order valence-electron chi connectivity index (χ3n) is 4.34. The van der Waals surface area contributed by atoms with Gasteiger partial charge in [-0.15, -0.1) is 0 Å². The predicted molar refractivity (Wildman–Crippen MR) is 113 cm³/mol. The first-order valence-corrected chi connectivity index (χ1v) is 19.8. The Bertz CT molecular complexity index is 490. The molecule has 1 fully saturated rings. The number of hydrogen-bond acceptors (Lipinski definition) is 9. The van der Waals surface area contributed by atoms with Crippen LogP contribution in [0.25, 0.3) is 0 Å². The highest BCUT2D eigenvalue weighted by atomic mass is 28.5. The van der Waals surface area contributed by atoms with Crippen molar-refractivity contribution in [2.45, 2.75) is 57.7 Å². The van der Waals surface area contributed by atoms with Gasteiger partial charge in [-0.3, -0.25) is 4.79 Å². The molecule has 1 aliphatic rings. The van der Waals surface area contributed by atoms with Gasteiger partial charge in [0.05, 0.1) is 6.61 Å². The molecule has 0 N–H and O–H groups in total. The van der Waals surface area contributed by atoms with E-state index in [1.54, 1.807) is 21.3 Å². The smallest absolute Gasteiger partial charge is 0.466 e. The minimum atomic E-state index is -2.73. The second-order valence-electron chi connectivity index (χ2n) is 6.90. The summed E-state index contributed by atoms with van der Waals surface area (Å²) in [6.45, 7) is 9.77. The van der Waals surface area contributed by atoms with Crippen LogP contribution in [0.15, 0.2) is 0 Å². The molecule has 1 heterocycles. The molecule has 0 aromatic rings. The summed E-state index contributed by atoms with van der Waals surface area (Å²) in [5.74, 6) is -0.282. The molecule has 1 rings (SSSR count). The van der Waals surface area contributed by atoms with Gasteiger partial charge in [0.2, 0.25) is 0 Å². The molecule has 2 atom stereocenters. The van der Waals surface area contributed by atoms with Gasteiger partial charge in [0.25, 0.3) is 0 Å². The Morgan fingerprint density at radius 1 is 0.964 bits per heavy atom. The van der Waals surface area contributed by atoms with Crippen molar-refractivity contribution < 1.29 is 39.3 Å². The lowest BCUT2D eigenvalue weighted by molar-refractivity contribution is -0.140. The van der Waals surface area contributed by atoms with Gasteiger partial charge in [0.15, 0.2) is 0 Å². The molecule has 1 saturated heterocycles. The van der Waals surface area contributed by atoms with Crippen LogP contribution in [0.2, 0.25) is 44.3 Å². The molecule has 28 heavy (non-hydrogen) atoms. The lowest BCUT2D eigenvalue weighted by atomic mass is 10.5. The van der Waals surface area contributed by atoms with Crippen molar-refractivity contribution in [1.82, 2.24) is 0 Å². The van der Waals surface area contributed by atoms with Crippen LogP contribution in [0.5, 0.6) is 0 Å². The number of esters is 1. The Morgan fingerprint density at radius 3 is 1.93 bits per heavy atom. The maximum Gasteiger partial charge on any atom is 0.500 e. The van der Waals surface area contributed by atoms with Crippen LogP contribution < -0.4 is 0 Å². The van der Waals surface area contributed by atoms with Crippen LogP contribution in [-0.4, -0.2) is 78.4 Å². The molecule has 9 nitrogen and oxygen atoms in total. The summed E-state index contributed by atoms with van der Waals surface area (Å²) in [6.07, 6.45) is 0.679. The quantitative estimate of drug-likeness (QED) is 0.262. The number of carbonyl (C=O) groups excluding carboxylic acids is 1. The Morgan fingerprint density at radius 2 is 1.46 bits per heavy atom. The van der Waals surface area contributed by atoms with E-state index in [4.69, 9.17) is 34.5 Å². The highest BCUT2D eigenvalue weighted by Gasteiger charge is 2.50. The minimum absolute atomic E-state index is 0.282. The van der Waals surface area contributed by atoms with E-state index in [2.05, 4.69) is 0 Å². The molecule has 2 unspecified atom stereocenters. The van der Waals surface area contributed by atoms with Gasteiger partial charge < -0.3 is 34.5 Å². The van der Waals surface area contributed by atoms with Gasteiger partial charge in [-0.05, 0) is 44.7 Å². The van der Waals surface area contributed by atoms with Crippen molar-refractivity contribution in [3.05, 3.63) is 0 Å². The summed E-state index contributed by atoms with van der Waals surface area (Å²) in [5.41, 5.74) is 0. The first-order valence-electron chi connectivity index (χ1n) is 9.23. The van der Waals surface area contributed by atoms with Gasteiger partial charge in [-0.1, -0.05) is 0 Å². The van der Waals surface area contributed by atoms with Crippen molar-refractivity contribution >= 4 is 50.5 Å². The van der Waals surface area contributed by atoms with Crippen LogP contribution in [0.1, 0.15) is 13.3 Å². The molecule has 2 radical (unpaired) electrons. The molecular weight excluding hydrogens is 453 g/mol. The van der Waals surface area contributed by atoms with E-state index in [1.165, 1.54) is 6.92 Å². The fraction of sp³-hybridized carbons (Fsp3) is 0.929. The van der Waals surface area contributed by atoms with Crippen molar-refractivity contribution in [2.24, 2.45) is 0 Å². The van der Waals surface area contributed by atoms with E-state index >= 15 is 0 Å². The minimum Gasteiger partial charge on any atom is -0.466 e. The fourth-order valence-corrected chi connectivity index (χ4v) is 22.0. The molecule has 1 aliphatic heterocycles. The second kappa shape index (κ2) is 11.6. The Hall–Kier alpha value is 0.274. The average Bonchev–Trinajstić information content (AvgIpc) is 2.58. The van der Waals surface area contributed by atoms with Crippen molar-refractivity contribution in [2.75, 3.05) is 27.9 Å². The predicted octanol–water partition coefficient (Wildman–Crippen LogP) is 2.28. The molecule has 0 aromatic carbocycles. The van der Waals surface area contributed by atoms with E-state index in [0.29, 0.717) is 31.2 Å². The van der Waals surface area contributed by atoms with Gasteiger partial charge in [0.1, 0.15) is 0 Å². The zero-order chi connectivity index (χ0) is 21.4. The number of hydrogen-bond donors (Lipinski definition) is 0. The SMILES string of the molecule is CO[Si](CC[Si]1(C)O[Si](C)O[Si](C)O[Si](C)(CCCOC(C)=O)O1)(OC)OC. The van der Waals surface area contributed by atoms with E-state index in [0.717, 1.165) is 0 Å². The summed E-state index contributed by atoms with van der Waals surface area (Å²) in [5, 5.41) is 0. The van der Waals surface area contributed by atoms with Gasteiger partial charge >= 0.3 is 50.5 Å². The molecule has 0 bridgehead atoms. The van der Waals surface area contributed by atoms with E-state index in [1.807, 2.05) is 26.2 Å². The van der Waals surface area contributed by atoms with Gasteiger partial charge in [0, 0.05) is 34.3 Å². The molecular formula is C14H34O9Si5. The van der Waals surface area contributed by atoms with E-state index < -0.39 is 44.5 Å². The maximum absolute atomic E-state index is 11.0. The van der Waals surface area contributed by atoms with Gasteiger partial charge in [-0.25, -0.2) is 0 Å². The van der Waals surface area contributed by atoms with Crippen molar-refractivity contribution in [3.63, 3.8) is 0 Å². The molecule has 0 aliphatic carbocycles. The van der Waals surface area contributed by atoms with E-state index in [-0.39, 0.29) is 5.97 Å². The zero-order valence-electron chi connectivity index (χ0n) is 18.2. The first kappa shape index (κ1) is 26.3. The number of carbonyl (C=O) groups is 1. The summed E-state index contributed by atoms with van der Waals surface area (Å²) in [7, 11) is -6.06. The normalized spacial score (nSPS) is 28.0. The Labute approximate surface area is 175 Å². The monoisotopic (exact) mass is 486 g/mol. The summed E-state index contributed by atoms with van der Waals surface area (Å²) >= 11 is 0. The molecule has 0 amide bonds. The molecule has 14 heteroatoms. The average molecular weight is 487 g/mol. The van der Waals surface area contributed by atoms with E-state index in [9.17, 15) is 4.79 Å². The van der Waals surface area contributed by atoms with Crippen LogP contribution in [0, 0.1) is 0 Å². The molecule has 0 spiro atoms. The summed E-state index contributed by atoms with van der Waals surface area (Å²) < 4.78 is 47.1. The standard InChI is InChI=1S/C14H34O9Si5/c1-14(15)19-10-9-11-26(7)21-24(5)20-25(6)22-27(8,23-26)12-13-28(16-2,17-3)18-4/h9-13H2,1-8H3. The largest absolute Gasteiger partial charge is 0.500 e. The molecule has 0 saturated carbocycles. The lowest BCUT2D eigenvalue weighted by Crippen LogP contribution is -2.60. The molecule has 164 valence electrons. The highest BCUT2D eigenvalue weighted by molar-refractivity contribution is 6.87. The zero-order valence-corrected chi connectivity index (χ0v) is 23.2. The third-order valence-corrected chi connectivity index (χ3v) is 21.5. The maximum atomic E-state index is 11.0. The summed E-state index contributed by atoms with van der Waals surface area (Å²) in [6, 6.07) is 1.95. The van der Waals surface area contributed by atoms with Crippen molar-refractivity contribution in [3.8, 4) is 0 Å². The number of rotatable bonds is 10. The van der Waals surface area contributed by atoms with Crippen LogP contribution >= 0.6 is 0 Å². The lowest BCUT2D eigenvalue weighted by Gasteiger charge is -2.42.